The number of ether oxygens (including phenoxy) is 1. The number of benzene rings is 2. The molecule has 0 saturated carbocycles. The number of alkyl halides is 2. The van der Waals surface area contributed by atoms with Gasteiger partial charge in [0.15, 0.2) is 0 Å². The van der Waals surface area contributed by atoms with E-state index in [1.807, 2.05) is 4.68 Å². The highest BCUT2D eigenvalue weighted by Crippen LogP contribution is 2.27. The van der Waals surface area contributed by atoms with E-state index >= 15 is 0 Å². The van der Waals surface area contributed by atoms with Gasteiger partial charge in [0.2, 0.25) is 5.91 Å². The molecule has 4 rings (SSSR count). The van der Waals surface area contributed by atoms with Crippen molar-refractivity contribution in [3.63, 3.8) is 0 Å². The summed E-state index contributed by atoms with van der Waals surface area (Å²) in [6, 6.07) is 12.3. The molecule has 0 fully saturated rings. The molecular weight excluding hydrogens is 383 g/mol. The number of carbonyl (C=O) groups is 1. The lowest BCUT2D eigenvalue weighted by Gasteiger charge is -2.28. The molecule has 5 nitrogen and oxygen atoms in total. The van der Waals surface area contributed by atoms with Crippen molar-refractivity contribution in [2.24, 2.45) is 0 Å². The van der Waals surface area contributed by atoms with E-state index < -0.39 is 6.61 Å². The van der Waals surface area contributed by atoms with Crippen molar-refractivity contribution in [1.29, 1.82) is 0 Å². The van der Waals surface area contributed by atoms with Crippen molar-refractivity contribution >= 4 is 5.91 Å². The molecule has 150 valence electrons. The van der Waals surface area contributed by atoms with Gasteiger partial charge in [0, 0.05) is 12.1 Å². The molecule has 1 aliphatic rings. The van der Waals surface area contributed by atoms with Crippen molar-refractivity contribution in [3.05, 3.63) is 71.8 Å². The Morgan fingerprint density at radius 3 is 2.69 bits per heavy atom. The first-order valence-electron chi connectivity index (χ1n) is 9.12. The van der Waals surface area contributed by atoms with E-state index in [9.17, 15) is 18.0 Å². The van der Waals surface area contributed by atoms with Crippen molar-refractivity contribution < 1.29 is 22.7 Å². The molecule has 29 heavy (non-hydrogen) atoms. The fourth-order valence-electron chi connectivity index (χ4n) is 3.45. The Balaban J connectivity index is 1.49. The summed E-state index contributed by atoms with van der Waals surface area (Å²) in [7, 11) is 0. The van der Waals surface area contributed by atoms with Crippen molar-refractivity contribution in [2.45, 2.75) is 26.1 Å². The first-order chi connectivity index (χ1) is 14.0. The number of hydrogen-bond acceptors (Lipinski definition) is 3. The number of amides is 1. The van der Waals surface area contributed by atoms with E-state index in [1.54, 1.807) is 35.4 Å². The number of hydrogen-bond donors (Lipinski definition) is 0. The summed E-state index contributed by atoms with van der Waals surface area (Å²) in [5.74, 6) is -0.401. The Kier molecular flexibility index (Phi) is 5.24. The minimum Gasteiger partial charge on any atom is -0.435 e. The molecular formula is C21H18F3N3O2. The number of nitrogens with zero attached hydrogens (tertiary/aromatic N) is 3. The summed E-state index contributed by atoms with van der Waals surface area (Å²) in [5, 5.41) is 4.37. The highest BCUT2D eigenvalue weighted by Gasteiger charge is 2.24. The van der Waals surface area contributed by atoms with Gasteiger partial charge in [0.05, 0.1) is 31.4 Å². The smallest absolute Gasteiger partial charge is 0.387 e. The van der Waals surface area contributed by atoms with Gasteiger partial charge in [-0.2, -0.15) is 13.9 Å². The molecule has 2 aromatic carbocycles. The lowest BCUT2D eigenvalue weighted by molar-refractivity contribution is -0.131. The molecule has 0 radical (unpaired) electrons. The van der Waals surface area contributed by atoms with Gasteiger partial charge >= 0.3 is 6.61 Å². The van der Waals surface area contributed by atoms with Crippen molar-refractivity contribution in [3.8, 4) is 16.9 Å². The van der Waals surface area contributed by atoms with Crippen LogP contribution in [-0.2, 0) is 24.3 Å². The molecule has 2 heterocycles. The monoisotopic (exact) mass is 401 g/mol. The van der Waals surface area contributed by atoms with Crippen LogP contribution in [0.2, 0.25) is 0 Å². The third-order valence-electron chi connectivity index (χ3n) is 4.86. The second-order valence-electron chi connectivity index (χ2n) is 6.75. The Morgan fingerprint density at radius 2 is 1.93 bits per heavy atom. The van der Waals surface area contributed by atoms with Crippen LogP contribution in [0, 0.1) is 5.82 Å². The fraction of sp³-hybridized carbons (Fsp3) is 0.238. The van der Waals surface area contributed by atoms with E-state index in [0.717, 1.165) is 16.8 Å². The zero-order valence-electron chi connectivity index (χ0n) is 15.4. The molecule has 1 aromatic heterocycles. The van der Waals surface area contributed by atoms with Crippen LogP contribution >= 0.6 is 0 Å². The summed E-state index contributed by atoms with van der Waals surface area (Å²) in [6.07, 6.45) is 1.81. The van der Waals surface area contributed by atoms with E-state index in [-0.39, 0.29) is 23.9 Å². The average Bonchev–Trinajstić information content (AvgIpc) is 3.11. The number of carbonyl (C=O) groups excluding carboxylic acids is 1. The summed E-state index contributed by atoms with van der Waals surface area (Å²) < 4.78 is 44.2. The molecule has 0 spiro atoms. The van der Waals surface area contributed by atoms with Crippen molar-refractivity contribution in [2.75, 3.05) is 6.54 Å². The van der Waals surface area contributed by atoms with Crippen LogP contribution < -0.4 is 4.74 Å². The number of halogens is 3. The van der Waals surface area contributed by atoms with Crippen LogP contribution in [-0.4, -0.2) is 33.7 Å². The van der Waals surface area contributed by atoms with E-state index in [0.29, 0.717) is 25.2 Å². The summed E-state index contributed by atoms with van der Waals surface area (Å²) in [6.45, 7) is -1.48. The zero-order chi connectivity index (χ0) is 20.4. The van der Waals surface area contributed by atoms with E-state index in [4.69, 9.17) is 0 Å². The van der Waals surface area contributed by atoms with Gasteiger partial charge in [-0.05, 0) is 35.4 Å². The van der Waals surface area contributed by atoms with E-state index in [1.165, 1.54) is 24.3 Å². The lowest BCUT2D eigenvalue weighted by atomic mass is 10.0. The summed E-state index contributed by atoms with van der Waals surface area (Å²) >= 11 is 0. The maximum Gasteiger partial charge on any atom is 0.387 e. The predicted octanol–water partition coefficient (Wildman–Crippen LogP) is 3.88. The predicted molar refractivity (Wildman–Crippen MR) is 99.8 cm³/mol. The van der Waals surface area contributed by atoms with Gasteiger partial charge < -0.3 is 9.64 Å². The minimum atomic E-state index is -2.91. The SMILES string of the molecule is O=C(Cc1cccc(OC(F)F)c1)N1CCn2ncc(-c3ccc(F)cc3)c2C1. The third-order valence-corrected chi connectivity index (χ3v) is 4.86. The minimum absolute atomic E-state index is 0.0283. The second-order valence-corrected chi connectivity index (χ2v) is 6.75. The summed E-state index contributed by atoms with van der Waals surface area (Å²) in [5.41, 5.74) is 3.17. The van der Waals surface area contributed by atoms with Crippen LogP contribution in [0.4, 0.5) is 13.2 Å². The van der Waals surface area contributed by atoms with Gasteiger partial charge in [-0.1, -0.05) is 24.3 Å². The van der Waals surface area contributed by atoms with Crippen LogP contribution in [0.25, 0.3) is 11.1 Å². The maximum atomic E-state index is 13.2. The van der Waals surface area contributed by atoms with Crippen LogP contribution in [0.15, 0.2) is 54.7 Å². The van der Waals surface area contributed by atoms with Crippen LogP contribution in [0.3, 0.4) is 0 Å². The van der Waals surface area contributed by atoms with Crippen LogP contribution in [0.1, 0.15) is 11.3 Å². The molecule has 8 heteroatoms. The van der Waals surface area contributed by atoms with E-state index in [2.05, 4.69) is 9.84 Å². The topological polar surface area (TPSA) is 47.4 Å². The van der Waals surface area contributed by atoms with Gasteiger partial charge in [-0.15, -0.1) is 0 Å². The number of rotatable bonds is 5. The van der Waals surface area contributed by atoms with Crippen molar-refractivity contribution in [1.82, 2.24) is 14.7 Å². The quantitative estimate of drug-likeness (QED) is 0.652. The number of fused-ring (bicyclic) bond motifs is 1. The lowest BCUT2D eigenvalue weighted by Crippen LogP contribution is -2.39. The Hall–Kier alpha value is -3.29. The van der Waals surface area contributed by atoms with Crippen LogP contribution in [0.5, 0.6) is 5.75 Å². The normalized spacial score (nSPS) is 13.4. The zero-order valence-corrected chi connectivity index (χ0v) is 15.4. The molecule has 0 bridgehead atoms. The molecule has 0 aliphatic carbocycles. The molecule has 0 unspecified atom stereocenters. The molecule has 0 N–H and O–H groups in total. The Bertz CT molecular complexity index is 1020. The molecule has 3 aromatic rings. The Labute approximate surface area is 165 Å². The van der Waals surface area contributed by atoms with Gasteiger partial charge in [0.1, 0.15) is 11.6 Å². The fourth-order valence-corrected chi connectivity index (χ4v) is 3.45. The largest absolute Gasteiger partial charge is 0.435 e. The third kappa shape index (κ3) is 4.26. The number of aromatic nitrogens is 2. The second kappa shape index (κ2) is 7.98. The van der Waals surface area contributed by atoms with Gasteiger partial charge in [-0.25, -0.2) is 4.39 Å². The first-order valence-corrected chi connectivity index (χ1v) is 9.12. The van der Waals surface area contributed by atoms with Gasteiger partial charge in [0.25, 0.3) is 0 Å². The molecule has 1 amide bonds. The van der Waals surface area contributed by atoms with Gasteiger partial charge in [-0.3, -0.25) is 9.48 Å². The Morgan fingerprint density at radius 1 is 1.14 bits per heavy atom. The average molecular weight is 401 g/mol. The highest BCUT2D eigenvalue weighted by molar-refractivity contribution is 5.79. The maximum absolute atomic E-state index is 13.2. The standard InChI is InChI=1S/C21H18F3N3O2/c22-16-6-4-15(5-7-16)18-12-25-27-9-8-26(13-19(18)27)20(28)11-14-2-1-3-17(10-14)29-21(23)24/h1-7,10,12,21H,8-9,11,13H2. The summed E-state index contributed by atoms with van der Waals surface area (Å²) in [4.78, 5) is 14.5. The highest BCUT2D eigenvalue weighted by atomic mass is 19.3. The molecule has 0 atom stereocenters. The molecule has 0 saturated heterocycles. The first kappa shape index (κ1) is 19.0. The molecule has 1 aliphatic heterocycles.